The molecule has 3 rings (SSSR count). The molecule has 0 spiro atoms. The predicted octanol–water partition coefficient (Wildman–Crippen LogP) is 2.16. The van der Waals surface area contributed by atoms with E-state index in [9.17, 15) is 9.90 Å². The molecular weight excluding hydrogens is 264 g/mol. The molecule has 2 heterocycles. The van der Waals surface area contributed by atoms with E-state index >= 15 is 0 Å². The van der Waals surface area contributed by atoms with Crippen LogP contribution in [-0.4, -0.2) is 53.6 Å². The van der Waals surface area contributed by atoms with Gasteiger partial charge < -0.3 is 10.0 Å². The molecule has 21 heavy (non-hydrogen) atoms. The van der Waals surface area contributed by atoms with Crippen LogP contribution in [0.4, 0.5) is 0 Å². The van der Waals surface area contributed by atoms with Crippen molar-refractivity contribution in [3.05, 3.63) is 35.4 Å². The maximum atomic E-state index is 11.5. The van der Waals surface area contributed by atoms with E-state index in [0.717, 1.165) is 25.2 Å². The van der Waals surface area contributed by atoms with Crippen molar-refractivity contribution in [2.24, 2.45) is 0 Å². The fraction of sp³-hybridized carbons (Fsp3) is 0.588. The Kier molecular flexibility index (Phi) is 4.56. The second-order valence-electron chi connectivity index (χ2n) is 6.23. The Morgan fingerprint density at radius 1 is 1.10 bits per heavy atom. The lowest BCUT2D eigenvalue weighted by atomic mass is 9.90. The summed E-state index contributed by atoms with van der Waals surface area (Å²) >= 11 is 0. The van der Waals surface area contributed by atoms with Gasteiger partial charge in [-0.25, -0.2) is 0 Å². The van der Waals surface area contributed by atoms with Gasteiger partial charge in [0.1, 0.15) is 0 Å². The van der Waals surface area contributed by atoms with Crippen molar-refractivity contribution >= 4 is 5.97 Å². The van der Waals surface area contributed by atoms with Crippen LogP contribution in [0.5, 0.6) is 0 Å². The average Bonchev–Trinajstić information content (AvgIpc) is 2.53. The number of carbonyl (C=O) groups is 1. The molecule has 1 fully saturated rings. The number of fused-ring (bicyclic) bond motifs is 1. The molecule has 0 bridgehead atoms. The van der Waals surface area contributed by atoms with E-state index in [1.165, 1.54) is 37.9 Å². The van der Waals surface area contributed by atoms with Crippen molar-refractivity contribution in [2.75, 3.05) is 32.7 Å². The van der Waals surface area contributed by atoms with Crippen molar-refractivity contribution in [1.82, 2.24) is 9.80 Å². The molecule has 0 saturated carbocycles. The number of likely N-dealkylation sites (tertiary alicyclic amines) is 1. The van der Waals surface area contributed by atoms with Crippen LogP contribution in [0.25, 0.3) is 0 Å². The Hall–Kier alpha value is -1.39. The number of carboxylic acid groups (broad SMARTS) is 1. The molecule has 114 valence electrons. The van der Waals surface area contributed by atoms with Crippen molar-refractivity contribution in [2.45, 2.75) is 31.7 Å². The molecule has 4 nitrogen and oxygen atoms in total. The van der Waals surface area contributed by atoms with Crippen LogP contribution in [0.1, 0.15) is 36.3 Å². The maximum absolute atomic E-state index is 11.5. The highest BCUT2D eigenvalue weighted by Crippen LogP contribution is 2.28. The summed E-state index contributed by atoms with van der Waals surface area (Å²) in [5, 5.41) is 9.48. The molecule has 2 aliphatic heterocycles. The smallest absolute Gasteiger partial charge is 0.312 e. The number of benzene rings is 1. The molecule has 4 heteroatoms. The molecule has 1 atom stereocenters. The molecule has 1 N–H and O–H groups in total. The number of nitrogens with zero attached hydrogens (tertiary/aromatic N) is 2. The van der Waals surface area contributed by atoms with E-state index in [-0.39, 0.29) is 5.92 Å². The number of carboxylic acids is 1. The average molecular weight is 288 g/mol. The zero-order chi connectivity index (χ0) is 14.7. The fourth-order valence-electron chi connectivity index (χ4n) is 3.53. The SMILES string of the molecule is O=C(O)C1CN(CCN2CCCCC2)Cc2ccccc21. The first-order chi connectivity index (χ1) is 10.2. The normalized spacial score (nSPS) is 23.7. The summed E-state index contributed by atoms with van der Waals surface area (Å²) in [7, 11) is 0. The summed E-state index contributed by atoms with van der Waals surface area (Å²) in [6.07, 6.45) is 3.97. The van der Waals surface area contributed by atoms with E-state index in [0.29, 0.717) is 6.54 Å². The van der Waals surface area contributed by atoms with Gasteiger partial charge in [-0.2, -0.15) is 0 Å². The highest BCUT2D eigenvalue weighted by atomic mass is 16.4. The maximum Gasteiger partial charge on any atom is 0.312 e. The van der Waals surface area contributed by atoms with Gasteiger partial charge in [-0.3, -0.25) is 9.69 Å². The second-order valence-corrected chi connectivity index (χ2v) is 6.23. The highest BCUT2D eigenvalue weighted by Gasteiger charge is 2.30. The standard InChI is InChI=1S/C17H24N2O2/c20-17(21)16-13-19(11-10-18-8-4-1-5-9-18)12-14-6-2-3-7-15(14)16/h2-3,6-7,16H,1,4-5,8-13H2,(H,20,21). The van der Waals surface area contributed by atoms with Crippen molar-refractivity contribution in [3.8, 4) is 0 Å². The lowest BCUT2D eigenvalue weighted by molar-refractivity contribution is -0.139. The molecule has 1 saturated heterocycles. The zero-order valence-corrected chi connectivity index (χ0v) is 12.5. The van der Waals surface area contributed by atoms with Crippen molar-refractivity contribution in [1.29, 1.82) is 0 Å². The van der Waals surface area contributed by atoms with Gasteiger partial charge in [0.2, 0.25) is 0 Å². The number of hydrogen-bond donors (Lipinski definition) is 1. The zero-order valence-electron chi connectivity index (χ0n) is 12.5. The van der Waals surface area contributed by atoms with Crippen molar-refractivity contribution < 1.29 is 9.90 Å². The van der Waals surface area contributed by atoms with Gasteiger partial charge in [0, 0.05) is 26.2 Å². The molecule has 1 unspecified atom stereocenters. The monoisotopic (exact) mass is 288 g/mol. The van der Waals surface area contributed by atoms with E-state index in [4.69, 9.17) is 0 Å². The van der Waals surface area contributed by atoms with E-state index in [1.807, 2.05) is 18.2 Å². The lowest BCUT2D eigenvalue weighted by Gasteiger charge is -2.35. The van der Waals surface area contributed by atoms with Gasteiger partial charge in [0.15, 0.2) is 0 Å². The number of rotatable bonds is 4. The molecule has 0 radical (unpaired) electrons. The Morgan fingerprint density at radius 2 is 1.81 bits per heavy atom. The van der Waals surface area contributed by atoms with Gasteiger partial charge >= 0.3 is 5.97 Å². The van der Waals surface area contributed by atoms with E-state index in [2.05, 4.69) is 15.9 Å². The predicted molar refractivity (Wildman–Crippen MR) is 82.4 cm³/mol. The minimum atomic E-state index is -0.704. The first-order valence-electron chi connectivity index (χ1n) is 7.99. The Morgan fingerprint density at radius 3 is 2.57 bits per heavy atom. The Labute approximate surface area is 126 Å². The fourth-order valence-corrected chi connectivity index (χ4v) is 3.53. The number of piperidine rings is 1. The third kappa shape index (κ3) is 3.44. The third-order valence-electron chi connectivity index (χ3n) is 4.74. The van der Waals surface area contributed by atoms with Gasteiger partial charge in [-0.05, 0) is 37.1 Å². The van der Waals surface area contributed by atoms with Crippen LogP contribution in [0.2, 0.25) is 0 Å². The quantitative estimate of drug-likeness (QED) is 0.922. The van der Waals surface area contributed by atoms with Crippen LogP contribution >= 0.6 is 0 Å². The summed E-state index contributed by atoms with van der Waals surface area (Å²) in [6, 6.07) is 7.98. The molecular formula is C17H24N2O2. The number of hydrogen-bond acceptors (Lipinski definition) is 3. The van der Waals surface area contributed by atoms with Gasteiger partial charge in [-0.15, -0.1) is 0 Å². The summed E-state index contributed by atoms with van der Waals surface area (Å²) in [5.41, 5.74) is 2.18. The number of aliphatic carboxylic acids is 1. The summed E-state index contributed by atoms with van der Waals surface area (Å²) in [6.45, 7) is 5.96. The van der Waals surface area contributed by atoms with Crippen LogP contribution in [0.3, 0.4) is 0 Å². The Balaban J connectivity index is 1.64. The van der Waals surface area contributed by atoms with E-state index in [1.54, 1.807) is 0 Å². The first-order valence-corrected chi connectivity index (χ1v) is 7.99. The Bertz CT molecular complexity index is 497. The minimum Gasteiger partial charge on any atom is -0.481 e. The first kappa shape index (κ1) is 14.5. The van der Waals surface area contributed by atoms with Gasteiger partial charge in [-0.1, -0.05) is 30.7 Å². The second kappa shape index (κ2) is 6.58. The largest absolute Gasteiger partial charge is 0.481 e. The molecule has 1 aromatic rings. The van der Waals surface area contributed by atoms with E-state index < -0.39 is 5.97 Å². The van der Waals surface area contributed by atoms with Gasteiger partial charge in [0.25, 0.3) is 0 Å². The van der Waals surface area contributed by atoms with Crippen LogP contribution in [0, 0.1) is 0 Å². The lowest BCUT2D eigenvalue weighted by Crippen LogP contribution is -2.42. The minimum absolute atomic E-state index is 0.378. The molecule has 0 aromatic heterocycles. The molecule has 1 aromatic carbocycles. The summed E-state index contributed by atoms with van der Waals surface area (Å²) < 4.78 is 0. The van der Waals surface area contributed by atoms with Gasteiger partial charge in [0.05, 0.1) is 5.92 Å². The third-order valence-corrected chi connectivity index (χ3v) is 4.74. The summed E-state index contributed by atoms with van der Waals surface area (Å²) in [4.78, 5) is 16.3. The van der Waals surface area contributed by atoms with Crippen LogP contribution < -0.4 is 0 Å². The topological polar surface area (TPSA) is 43.8 Å². The highest BCUT2D eigenvalue weighted by molar-refractivity contribution is 5.77. The molecule has 0 amide bonds. The van der Waals surface area contributed by atoms with Crippen LogP contribution in [-0.2, 0) is 11.3 Å². The summed E-state index contributed by atoms with van der Waals surface area (Å²) in [5.74, 6) is -1.08. The van der Waals surface area contributed by atoms with Crippen molar-refractivity contribution in [3.63, 3.8) is 0 Å². The molecule has 0 aliphatic carbocycles. The molecule has 2 aliphatic rings. The van der Waals surface area contributed by atoms with Crippen LogP contribution in [0.15, 0.2) is 24.3 Å².